The van der Waals surface area contributed by atoms with Gasteiger partial charge < -0.3 is 4.74 Å². The topological polar surface area (TPSA) is 33.0 Å². The first-order valence-electron chi connectivity index (χ1n) is 7.46. The third-order valence-electron chi connectivity index (χ3n) is 4.30. The molecule has 0 N–H and O–H groups in total. The molecule has 0 saturated heterocycles. The fourth-order valence-corrected chi connectivity index (χ4v) is 3.76. The summed E-state index contributed by atoms with van der Waals surface area (Å²) in [4.78, 5) is 0. The van der Waals surface area contributed by atoms with Crippen molar-refractivity contribution in [3.05, 3.63) is 39.5 Å². The molecule has 3 heteroatoms. The number of benzene rings is 2. The van der Waals surface area contributed by atoms with Crippen LogP contribution in [0.1, 0.15) is 38.2 Å². The van der Waals surface area contributed by atoms with Crippen molar-refractivity contribution in [2.45, 2.75) is 38.7 Å². The van der Waals surface area contributed by atoms with Crippen LogP contribution in [0.15, 0.2) is 30.3 Å². The molecule has 108 valence electrons. The van der Waals surface area contributed by atoms with Crippen molar-refractivity contribution in [1.82, 2.24) is 0 Å². The zero-order valence-corrected chi connectivity index (χ0v) is 14.3. The van der Waals surface area contributed by atoms with Gasteiger partial charge in [-0.15, -0.1) is 0 Å². The second-order valence-corrected chi connectivity index (χ2v) is 7.00. The molecule has 3 rings (SSSR count). The number of halogens is 1. The summed E-state index contributed by atoms with van der Waals surface area (Å²) in [6, 6.07) is 12.1. The van der Waals surface area contributed by atoms with Crippen LogP contribution in [-0.4, -0.2) is 6.10 Å². The summed E-state index contributed by atoms with van der Waals surface area (Å²) in [5, 5.41) is 11.2. The van der Waals surface area contributed by atoms with E-state index in [9.17, 15) is 0 Å². The lowest BCUT2D eigenvalue weighted by atomic mass is 9.89. The Morgan fingerprint density at radius 3 is 2.62 bits per heavy atom. The highest BCUT2D eigenvalue weighted by Gasteiger charge is 2.20. The molecule has 1 fully saturated rings. The number of hydrogen-bond acceptors (Lipinski definition) is 2. The lowest BCUT2D eigenvalue weighted by Gasteiger charge is -2.27. The maximum atomic E-state index is 8.98. The minimum Gasteiger partial charge on any atom is -0.489 e. The van der Waals surface area contributed by atoms with Crippen LogP contribution in [0.4, 0.5) is 0 Å². The third-order valence-corrected chi connectivity index (χ3v) is 5.42. The van der Waals surface area contributed by atoms with Crippen molar-refractivity contribution in [2.75, 3.05) is 0 Å². The summed E-state index contributed by atoms with van der Waals surface area (Å²) < 4.78 is 7.37. The molecule has 0 amide bonds. The van der Waals surface area contributed by atoms with Gasteiger partial charge in [0.05, 0.1) is 21.3 Å². The Labute approximate surface area is 139 Å². The minimum atomic E-state index is 0.352. The lowest BCUT2D eigenvalue weighted by molar-refractivity contribution is 0.135. The Hall–Kier alpha value is -1.28. The van der Waals surface area contributed by atoms with E-state index >= 15 is 0 Å². The van der Waals surface area contributed by atoms with Crippen LogP contribution in [0, 0.1) is 20.8 Å². The molecule has 21 heavy (non-hydrogen) atoms. The Kier molecular flexibility index (Phi) is 4.34. The molecule has 0 aromatic heterocycles. The zero-order valence-electron chi connectivity index (χ0n) is 12.1. The van der Waals surface area contributed by atoms with E-state index in [0.29, 0.717) is 11.7 Å². The summed E-state index contributed by atoms with van der Waals surface area (Å²) in [5.41, 5.74) is 0.702. The summed E-state index contributed by atoms with van der Waals surface area (Å²) in [5.74, 6) is 1.82. The number of rotatable bonds is 2. The van der Waals surface area contributed by atoms with E-state index in [4.69, 9.17) is 10.00 Å². The fourth-order valence-electron chi connectivity index (χ4n) is 2.96. The molecule has 1 aliphatic rings. The van der Waals surface area contributed by atoms with E-state index in [-0.39, 0.29) is 0 Å². The van der Waals surface area contributed by atoms with Crippen LogP contribution < -0.4 is 4.74 Å². The molecule has 0 spiro atoms. The van der Waals surface area contributed by atoms with Gasteiger partial charge in [0.2, 0.25) is 0 Å². The highest BCUT2D eigenvalue weighted by molar-refractivity contribution is 14.1. The summed E-state index contributed by atoms with van der Waals surface area (Å²) in [7, 11) is 0. The molecule has 0 radical (unpaired) electrons. The van der Waals surface area contributed by atoms with Crippen molar-refractivity contribution in [2.24, 2.45) is 5.92 Å². The molecular weight excluding hydrogens is 373 g/mol. The molecule has 0 heterocycles. The first kappa shape index (κ1) is 14.6. The van der Waals surface area contributed by atoms with Crippen LogP contribution in [0.5, 0.6) is 5.75 Å². The van der Waals surface area contributed by atoms with E-state index in [1.165, 1.54) is 12.8 Å². The summed E-state index contributed by atoms with van der Waals surface area (Å²) in [6.07, 6.45) is 5.19. The average molecular weight is 391 g/mol. The van der Waals surface area contributed by atoms with Crippen LogP contribution in [-0.2, 0) is 0 Å². The number of nitrogens with zero attached hydrogens (tertiary/aromatic N) is 1. The molecule has 1 saturated carbocycles. The van der Waals surface area contributed by atoms with Crippen molar-refractivity contribution in [3.8, 4) is 11.8 Å². The number of fused-ring (bicyclic) bond motifs is 1. The van der Waals surface area contributed by atoms with Gasteiger partial charge in [-0.2, -0.15) is 5.26 Å². The van der Waals surface area contributed by atoms with Crippen LogP contribution >= 0.6 is 22.6 Å². The number of ether oxygens (including phenoxy) is 1. The van der Waals surface area contributed by atoms with Gasteiger partial charge in [0.15, 0.2) is 0 Å². The predicted octanol–water partition coefficient (Wildman–Crippen LogP) is 5.27. The van der Waals surface area contributed by atoms with Gasteiger partial charge in [-0.05, 0) is 83.2 Å². The first-order valence-corrected chi connectivity index (χ1v) is 8.54. The van der Waals surface area contributed by atoms with Crippen molar-refractivity contribution >= 4 is 33.4 Å². The Morgan fingerprint density at radius 2 is 1.90 bits per heavy atom. The van der Waals surface area contributed by atoms with E-state index in [0.717, 1.165) is 38.9 Å². The molecule has 0 bridgehead atoms. The highest BCUT2D eigenvalue weighted by Crippen LogP contribution is 2.33. The van der Waals surface area contributed by atoms with E-state index in [1.807, 2.05) is 24.3 Å². The molecule has 2 aromatic rings. The van der Waals surface area contributed by atoms with E-state index in [1.54, 1.807) is 0 Å². The molecule has 0 unspecified atom stereocenters. The van der Waals surface area contributed by atoms with E-state index < -0.39 is 0 Å². The smallest absolute Gasteiger partial charge is 0.133 e. The molecule has 2 nitrogen and oxygen atoms in total. The number of hydrogen-bond donors (Lipinski definition) is 0. The quantitative estimate of drug-likeness (QED) is 0.654. The van der Waals surface area contributed by atoms with Gasteiger partial charge in [0.1, 0.15) is 5.75 Å². The van der Waals surface area contributed by atoms with Crippen LogP contribution in [0.2, 0.25) is 0 Å². The minimum absolute atomic E-state index is 0.352. The van der Waals surface area contributed by atoms with Crippen LogP contribution in [0.25, 0.3) is 10.8 Å². The predicted molar refractivity (Wildman–Crippen MR) is 93.4 cm³/mol. The Bertz CT molecular complexity index is 696. The second-order valence-electron chi connectivity index (χ2n) is 5.93. The van der Waals surface area contributed by atoms with Crippen molar-refractivity contribution in [1.29, 1.82) is 5.26 Å². The molecule has 0 atom stereocenters. The van der Waals surface area contributed by atoms with Gasteiger partial charge in [0.25, 0.3) is 0 Å². The Morgan fingerprint density at radius 1 is 1.14 bits per heavy atom. The number of nitriles is 1. The Balaban J connectivity index is 1.86. The van der Waals surface area contributed by atoms with E-state index in [2.05, 4.69) is 41.7 Å². The molecule has 0 aliphatic heterocycles. The first-order chi connectivity index (χ1) is 10.2. The molecule has 2 aromatic carbocycles. The lowest BCUT2D eigenvalue weighted by Crippen LogP contribution is -2.23. The fraction of sp³-hybridized carbons (Fsp3) is 0.389. The third kappa shape index (κ3) is 3.16. The summed E-state index contributed by atoms with van der Waals surface area (Å²) in [6.45, 7) is 2.32. The van der Waals surface area contributed by atoms with Gasteiger partial charge in [0, 0.05) is 0 Å². The normalized spacial score (nSPS) is 22.0. The highest BCUT2D eigenvalue weighted by atomic mass is 127. The van der Waals surface area contributed by atoms with Gasteiger partial charge in [-0.1, -0.05) is 19.1 Å². The second kappa shape index (κ2) is 6.23. The maximum absolute atomic E-state index is 8.98. The van der Waals surface area contributed by atoms with Gasteiger partial charge in [-0.25, -0.2) is 0 Å². The zero-order chi connectivity index (χ0) is 14.8. The van der Waals surface area contributed by atoms with Gasteiger partial charge >= 0.3 is 0 Å². The van der Waals surface area contributed by atoms with Crippen LogP contribution in [0.3, 0.4) is 0 Å². The van der Waals surface area contributed by atoms with Crippen molar-refractivity contribution < 1.29 is 4.74 Å². The summed E-state index contributed by atoms with van der Waals surface area (Å²) >= 11 is 2.35. The monoisotopic (exact) mass is 391 g/mol. The largest absolute Gasteiger partial charge is 0.489 e. The standard InChI is InChI=1S/C18H18INO/c1-12-2-6-15(7-3-12)21-17-9-5-14-10-13(11-20)4-8-16(14)18(17)19/h4-5,8-10,12,15H,2-3,6-7H2,1H3. The maximum Gasteiger partial charge on any atom is 0.133 e. The van der Waals surface area contributed by atoms with Crippen molar-refractivity contribution in [3.63, 3.8) is 0 Å². The molecule has 1 aliphatic carbocycles. The van der Waals surface area contributed by atoms with Gasteiger partial charge in [-0.3, -0.25) is 0 Å². The SMILES string of the molecule is CC1CCC(Oc2ccc3cc(C#N)ccc3c2I)CC1. The molecular formula is C18H18INO. The average Bonchev–Trinajstić information content (AvgIpc) is 2.52.